The van der Waals surface area contributed by atoms with Crippen LogP contribution < -0.4 is 10.6 Å². The molecule has 2 aromatic rings. The van der Waals surface area contributed by atoms with Gasteiger partial charge >= 0.3 is 0 Å². The van der Waals surface area contributed by atoms with Crippen LogP contribution in [0.25, 0.3) is 0 Å². The van der Waals surface area contributed by atoms with Gasteiger partial charge in [-0.3, -0.25) is 0 Å². The van der Waals surface area contributed by atoms with Crippen molar-refractivity contribution in [1.29, 1.82) is 0 Å². The van der Waals surface area contributed by atoms with Crippen molar-refractivity contribution in [2.45, 2.75) is 37.8 Å². The van der Waals surface area contributed by atoms with E-state index in [0.29, 0.717) is 12.0 Å². The molecule has 2 nitrogen and oxygen atoms in total. The lowest BCUT2D eigenvalue weighted by Crippen LogP contribution is -2.18. The van der Waals surface area contributed by atoms with Crippen LogP contribution in [0.3, 0.4) is 0 Å². The lowest BCUT2D eigenvalue weighted by atomic mass is 10.0. The Morgan fingerprint density at radius 2 is 2.00 bits per heavy atom. The summed E-state index contributed by atoms with van der Waals surface area (Å²) in [6, 6.07) is 18.4. The molecule has 1 aliphatic heterocycles. The van der Waals surface area contributed by atoms with Gasteiger partial charge in [0.15, 0.2) is 0 Å². The van der Waals surface area contributed by atoms with Gasteiger partial charge in [-0.25, -0.2) is 0 Å². The van der Waals surface area contributed by atoms with Gasteiger partial charge in [0.2, 0.25) is 0 Å². The fourth-order valence-corrected chi connectivity index (χ4v) is 3.38. The minimum Gasteiger partial charge on any atom is -0.385 e. The Morgan fingerprint density at radius 3 is 2.90 bits per heavy atom. The number of hydrogen-bond acceptors (Lipinski definition) is 2. The summed E-state index contributed by atoms with van der Waals surface area (Å²) in [7, 11) is 0. The number of hydrogen-bond donors (Lipinski definition) is 2. The maximum atomic E-state index is 3.71. The zero-order chi connectivity index (χ0) is 14.1. The minimum atomic E-state index is 0.654. The molecular formula is C19H22N2. The molecule has 2 atom stereocenters. The zero-order valence-electron chi connectivity index (χ0n) is 12.3. The van der Waals surface area contributed by atoms with Crippen molar-refractivity contribution in [3.8, 4) is 0 Å². The molecule has 2 aromatic carbocycles. The second kappa shape index (κ2) is 5.53. The Morgan fingerprint density at radius 1 is 1.10 bits per heavy atom. The highest BCUT2D eigenvalue weighted by atomic mass is 15.0. The molecule has 1 heterocycles. The van der Waals surface area contributed by atoms with Crippen molar-refractivity contribution < 1.29 is 0 Å². The van der Waals surface area contributed by atoms with Crippen molar-refractivity contribution >= 4 is 5.69 Å². The van der Waals surface area contributed by atoms with E-state index < -0.39 is 0 Å². The topological polar surface area (TPSA) is 24.1 Å². The van der Waals surface area contributed by atoms with Gasteiger partial charge in [0.1, 0.15) is 0 Å². The predicted molar refractivity (Wildman–Crippen MR) is 87.7 cm³/mol. The summed E-state index contributed by atoms with van der Waals surface area (Å²) in [5.74, 6) is 0.713. The molecule has 108 valence electrons. The first-order chi connectivity index (χ1) is 10.4. The van der Waals surface area contributed by atoms with E-state index >= 15 is 0 Å². The third-order valence-corrected chi connectivity index (χ3v) is 4.69. The predicted octanol–water partition coefficient (Wildman–Crippen LogP) is 3.69. The fourth-order valence-electron chi connectivity index (χ4n) is 3.38. The lowest BCUT2D eigenvalue weighted by molar-refractivity contribution is 0.671. The summed E-state index contributed by atoms with van der Waals surface area (Å²) in [4.78, 5) is 0. The Bertz CT molecular complexity index is 621. The van der Waals surface area contributed by atoms with Crippen LogP contribution in [0, 0.1) is 0 Å². The normalized spacial score (nSPS) is 23.2. The van der Waals surface area contributed by atoms with E-state index in [9.17, 15) is 0 Å². The van der Waals surface area contributed by atoms with Gasteiger partial charge in [0.25, 0.3) is 0 Å². The maximum absolute atomic E-state index is 3.71. The van der Waals surface area contributed by atoms with Crippen LogP contribution in [-0.4, -0.2) is 12.6 Å². The van der Waals surface area contributed by atoms with Gasteiger partial charge in [-0.2, -0.15) is 0 Å². The summed E-state index contributed by atoms with van der Waals surface area (Å²) in [5.41, 5.74) is 5.70. The SMILES string of the molecule is c1ccc(C2CC2NCc2ccc3c(c2)CCCN3)cc1. The quantitative estimate of drug-likeness (QED) is 0.891. The van der Waals surface area contributed by atoms with Crippen LogP contribution in [0.5, 0.6) is 0 Å². The molecule has 1 fully saturated rings. The molecule has 0 spiro atoms. The number of aryl methyl sites for hydroxylation is 1. The molecule has 4 rings (SSSR count). The lowest BCUT2D eigenvalue weighted by Gasteiger charge is -2.18. The molecule has 2 N–H and O–H groups in total. The zero-order valence-corrected chi connectivity index (χ0v) is 12.3. The first-order valence-corrected chi connectivity index (χ1v) is 8.04. The van der Waals surface area contributed by atoms with Gasteiger partial charge in [-0.1, -0.05) is 42.5 Å². The Labute approximate surface area is 126 Å². The van der Waals surface area contributed by atoms with Gasteiger partial charge in [0.05, 0.1) is 0 Å². The van der Waals surface area contributed by atoms with E-state index in [1.807, 2.05) is 0 Å². The summed E-state index contributed by atoms with van der Waals surface area (Å²) in [5, 5.41) is 7.18. The molecule has 1 aliphatic carbocycles. The maximum Gasteiger partial charge on any atom is 0.0372 e. The molecule has 0 saturated heterocycles. The molecule has 21 heavy (non-hydrogen) atoms. The van der Waals surface area contributed by atoms with Crippen LogP contribution in [-0.2, 0) is 13.0 Å². The second-order valence-corrected chi connectivity index (χ2v) is 6.26. The highest BCUT2D eigenvalue weighted by molar-refractivity contribution is 5.54. The first kappa shape index (κ1) is 12.9. The largest absolute Gasteiger partial charge is 0.385 e. The van der Waals surface area contributed by atoms with E-state index in [1.165, 1.54) is 41.6 Å². The van der Waals surface area contributed by atoms with Gasteiger partial charge < -0.3 is 10.6 Å². The molecule has 0 bridgehead atoms. The number of rotatable bonds is 4. The third-order valence-electron chi connectivity index (χ3n) is 4.69. The number of fused-ring (bicyclic) bond motifs is 1. The van der Waals surface area contributed by atoms with E-state index in [1.54, 1.807) is 0 Å². The molecule has 2 aliphatic rings. The van der Waals surface area contributed by atoms with Crippen molar-refractivity contribution in [2.75, 3.05) is 11.9 Å². The third kappa shape index (κ3) is 2.81. The van der Waals surface area contributed by atoms with Gasteiger partial charge in [0, 0.05) is 30.7 Å². The Hall–Kier alpha value is -1.80. The van der Waals surface area contributed by atoms with E-state index in [0.717, 1.165) is 13.1 Å². The van der Waals surface area contributed by atoms with E-state index in [-0.39, 0.29) is 0 Å². The molecule has 0 amide bonds. The van der Waals surface area contributed by atoms with Crippen LogP contribution >= 0.6 is 0 Å². The van der Waals surface area contributed by atoms with Crippen molar-refractivity contribution in [2.24, 2.45) is 0 Å². The first-order valence-electron chi connectivity index (χ1n) is 8.04. The Balaban J connectivity index is 1.36. The number of anilines is 1. The van der Waals surface area contributed by atoms with Crippen LogP contribution in [0.4, 0.5) is 5.69 Å². The van der Waals surface area contributed by atoms with Crippen molar-refractivity contribution in [3.05, 3.63) is 65.2 Å². The van der Waals surface area contributed by atoms with E-state index in [4.69, 9.17) is 0 Å². The minimum absolute atomic E-state index is 0.654. The molecule has 2 heteroatoms. The highest BCUT2D eigenvalue weighted by Gasteiger charge is 2.37. The Kier molecular flexibility index (Phi) is 3.40. The number of benzene rings is 2. The van der Waals surface area contributed by atoms with Gasteiger partial charge in [-0.15, -0.1) is 0 Å². The van der Waals surface area contributed by atoms with Crippen LogP contribution in [0.15, 0.2) is 48.5 Å². The molecular weight excluding hydrogens is 256 g/mol. The fraction of sp³-hybridized carbons (Fsp3) is 0.368. The molecule has 0 aromatic heterocycles. The smallest absolute Gasteiger partial charge is 0.0372 e. The van der Waals surface area contributed by atoms with Crippen molar-refractivity contribution in [1.82, 2.24) is 5.32 Å². The van der Waals surface area contributed by atoms with Gasteiger partial charge in [-0.05, 0) is 42.0 Å². The summed E-state index contributed by atoms with van der Waals surface area (Å²) in [6.45, 7) is 2.10. The monoisotopic (exact) mass is 278 g/mol. The average Bonchev–Trinajstić information content (AvgIpc) is 3.33. The summed E-state index contributed by atoms with van der Waals surface area (Å²) in [6.07, 6.45) is 3.74. The molecule has 1 saturated carbocycles. The van der Waals surface area contributed by atoms with Crippen LogP contribution in [0.2, 0.25) is 0 Å². The second-order valence-electron chi connectivity index (χ2n) is 6.26. The van der Waals surface area contributed by atoms with Crippen molar-refractivity contribution in [3.63, 3.8) is 0 Å². The highest BCUT2D eigenvalue weighted by Crippen LogP contribution is 2.40. The molecule has 2 unspecified atom stereocenters. The average molecular weight is 278 g/mol. The standard InChI is InChI=1S/C19H22N2/c1-2-5-15(6-3-1)17-12-19(17)21-13-14-8-9-18-16(11-14)7-4-10-20-18/h1-3,5-6,8-9,11,17,19-21H,4,7,10,12-13H2. The molecule has 0 radical (unpaired) electrons. The number of nitrogens with one attached hydrogen (secondary N) is 2. The summed E-state index contributed by atoms with van der Waals surface area (Å²) < 4.78 is 0. The van der Waals surface area contributed by atoms with E-state index in [2.05, 4.69) is 59.2 Å². The summed E-state index contributed by atoms with van der Waals surface area (Å²) >= 11 is 0. The van der Waals surface area contributed by atoms with Crippen LogP contribution in [0.1, 0.15) is 35.4 Å².